The van der Waals surface area contributed by atoms with Gasteiger partial charge in [0.1, 0.15) is 19.0 Å². The molecule has 0 radical (unpaired) electrons. The van der Waals surface area contributed by atoms with Crippen LogP contribution in [-0.4, -0.2) is 64.4 Å². The summed E-state index contributed by atoms with van der Waals surface area (Å²) in [6, 6.07) is 4.54. The van der Waals surface area contributed by atoms with E-state index in [2.05, 4.69) is 26.7 Å². The molecule has 1 aliphatic heterocycles. The monoisotopic (exact) mass is 527 g/mol. The highest BCUT2D eigenvalue weighted by Crippen LogP contribution is 2.52. The number of ether oxygens (including phenoxy) is 3. The van der Waals surface area contributed by atoms with Gasteiger partial charge in [-0.25, -0.2) is 11.1 Å². The molecule has 1 saturated heterocycles. The van der Waals surface area contributed by atoms with Gasteiger partial charge in [0.2, 0.25) is 6.54 Å². The van der Waals surface area contributed by atoms with Crippen LogP contribution in [0.15, 0.2) is 23.3 Å². The fraction of sp³-hybridized carbons (Fsp3) is 0.591. The lowest BCUT2D eigenvalue weighted by atomic mass is 10.2. The summed E-state index contributed by atoms with van der Waals surface area (Å²) in [5.41, 5.74) is 8.59. The molecule has 1 aromatic rings. The van der Waals surface area contributed by atoms with Crippen molar-refractivity contribution in [3.8, 4) is 17.6 Å². The number of halogens is 1. The largest absolute Gasteiger partial charge is 0.530 e. The van der Waals surface area contributed by atoms with Crippen LogP contribution in [0.2, 0.25) is 5.02 Å². The van der Waals surface area contributed by atoms with E-state index in [-0.39, 0.29) is 45.1 Å². The lowest BCUT2D eigenvalue weighted by Crippen LogP contribution is -2.22. The van der Waals surface area contributed by atoms with Crippen molar-refractivity contribution in [2.75, 3.05) is 46.1 Å². The van der Waals surface area contributed by atoms with Gasteiger partial charge in [0.05, 0.1) is 43.2 Å². The Morgan fingerprint density at radius 1 is 1.37 bits per heavy atom. The van der Waals surface area contributed by atoms with Crippen LogP contribution in [0.1, 0.15) is 27.2 Å². The van der Waals surface area contributed by atoms with E-state index < -0.39 is 20.0 Å². The van der Waals surface area contributed by atoms with Crippen molar-refractivity contribution in [2.45, 2.75) is 38.6 Å². The Balaban J connectivity index is 1.99. The molecule has 0 spiro atoms. The van der Waals surface area contributed by atoms with Crippen LogP contribution >= 0.6 is 19.4 Å². The molecule has 0 amide bonds. The third kappa shape index (κ3) is 10.9. The zero-order valence-corrected chi connectivity index (χ0v) is 21.0. The van der Waals surface area contributed by atoms with Gasteiger partial charge in [-0.05, 0) is 37.6 Å². The Kier molecular flexibility index (Phi) is 12.2. The first-order chi connectivity index (χ1) is 17.4. The fourth-order valence-electron chi connectivity index (χ4n) is 2.88. The van der Waals surface area contributed by atoms with Crippen molar-refractivity contribution < 1.29 is 33.7 Å². The van der Waals surface area contributed by atoms with Gasteiger partial charge >= 0.3 is 7.82 Å². The maximum absolute atomic E-state index is 13.4. The molecule has 1 aliphatic rings. The van der Waals surface area contributed by atoms with Gasteiger partial charge in [-0.3, -0.25) is 9.05 Å². The summed E-state index contributed by atoms with van der Waals surface area (Å²) >= 11 is 6.23. The maximum atomic E-state index is 13.4. The van der Waals surface area contributed by atoms with Gasteiger partial charge in [0, 0.05) is 24.8 Å². The summed E-state index contributed by atoms with van der Waals surface area (Å²) in [6.07, 6.45) is -0.947. The van der Waals surface area contributed by atoms with Crippen LogP contribution < -0.4 is 4.52 Å². The summed E-state index contributed by atoms with van der Waals surface area (Å²) in [4.78, 5) is 5.82. The highest BCUT2D eigenvalue weighted by molar-refractivity contribution is 7.49. The molecule has 1 heterocycles. The second-order valence-corrected chi connectivity index (χ2v) is 9.13. The summed E-state index contributed by atoms with van der Waals surface area (Å²) in [7, 11) is -4.15. The second-order valence-electron chi connectivity index (χ2n) is 7.18. The average molecular weight is 528 g/mol. The molecule has 35 heavy (non-hydrogen) atoms. The molecule has 13 heteroatoms. The molecule has 190 valence electrons. The fourth-order valence-corrected chi connectivity index (χ4v) is 4.44. The van der Waals surface area contributed by atoms with Crippen molar-refractivity contribution in [3.63, 3.8) is 0 Å². The number of rotatable bonds is 14. The molecule has 0 aromatic heterocycles. The first-order valence-corrected chi connectivity index (χ1v) is 12.6. The lowest BCUT2D eigenvalue weighted by molar-refractivity contribution is 0.0239. The van der Waals surface area contributed by atoms with Crippen LogP contribution in [0.5, 0.6) is 5.75 Å². The van der Waals surface area contributed by atoms with Crippen LogP contribution in [-0.2, 0) is 27.8 Å². The van der Waals surface area contributed by atoms with E-state index in [4.69, 9.17) is 52.9 Å². The third-order valence-corrected chi connectivity index (χ3v) is 6.22. The van der Waals surface area contributed by atoms with E-state index in [1.54, 1.807) is 0 Å². The molecule has 0 bridgehead atoms. The van der Waals surface area contributed by atoms with Crippen LogP contribution in [0, 0.1) is 18.4 Å². The summed E-state index contributed by atoms with van der Waals surface area (Å²) in [5, 5.41) is 3.71. The van der Waals surface area contributed by atoms with Crippen molar-refractivity contribution in [3.05, 3.63) is 50.6 Å². The Morgan fingerprint density at radius 3 is 2.97 bits per heavy atom. The minimum Gasteiger partial charge on any atom is -0.404 e. The molecule has 0 N–H and O–H groups in total. The molecular weight excluding hydrogens is 499 g/mol. The van der Waals surface area contributed by atoms with Gasteiger partial charge < -0.3 is 23.6 Å². The third-order valence-electron chi connectivity index (χ3n) is 4.43. The van der Waals surface area contributed by atoms with Crippen molar-refractivity contribution in [1.82, 2.24) is 0 Å². The minimum atomic E-state index is -4.15. The molecule has 0 aliphatic carbocycles. The predicted octanol–water partition coefficient (Wildman–Crippen LogP) is 5.04. The van der Waals surface area contributed by atoms with E-state index in [0.29, 0.717) is 36.8 Å². The van der Waals surface area contributed by atoms with E-state index in [1.165, 1.54) is 18.2 Å². The van der Waals surface area contributed by atoms with E-state index in [9.17, 15) is 4.57 Å². The summed E-state index contributed by atoms with van der Waals surface area (Å²) in [5.74, 6) is 5.84. The van der Waals surface area contributed by atoms with Gasteiger partial charge in [-0.1, -0.05) is 28.6 Å². The average Bonchev–Trinajstić information content (AvgIpc) is 3.20. The van der Waals surface area contributed by atoms with Crippen molar-refractivity contribution >= 4 is 19.4 Å². The zero-order chi connectivity index (χ0) is 26.2. The highest BCUT2D eigenvalue weighted by atomic mass is 35.5. The van der Waals surface area contributed by atoms with Crippen LogP contribution in [0.25, 0.3) is 15.3 Å². The zero-order valence-electron chi connectivity index (χ0n) is 20.3. The number of hydrogen-bond donors (Lipinski definition) is 0. The lowest BCUT2D eigenvalue weighted by Gasteiger charge is -2.22. The highest BCUT2D eigenvalue weighted by Gasteiger charge is 2.40. The predicted molar refractivity (Wildman–Crippen MR) is 129 cm³/mol. The molecule has 1 aromatic carbocycles. The van der Waals surface area contributed by atoms with Gasteiger partial charge in [0.15, 0.2) is 0 Å². The minimum absolute atomic E-state index is 0.0215. The van der Waals surface area contributed by atoms with Crippen LogP contribution in [0.4, 0.5) is 0 Å². The molecule has 11 nitrogen and oxygen atoms in total. The second kappa shape index (κ2) is 15.6. The summed E-state index contributed by atoms with van der Waals surface area (Å²) < 4.78 is 53.9. The number of phosphoric acid groups is 1. The first-order valence-electron chi connectivity index (χ1n) is 11.5. The Morgan fingerprint density at radius 2 is 2.20 bits per heavy atom. The first kappa shape index (κ1) is 27.3. The van der Waals surface area contributed by atoms with E-state index >= 15 is 0 Å². The number of hydrogen-bond acceptors (Lipinski definition) is 8. The van der Waals surface area contributed by atoms with E-state index in [0.717, 1.165) is 0 Å². The topological polar surface area (TPSA) is 126 Å². The molecule has 4 unspecified atom stereocenters. The van der Waals surface area contributed by atoms with E-state index in [1.807, 2.05) is 6.92 Å². The quantitative estimate of drug-likeness (QED) is 0.0631. The van der Waals surface area contributed by atoms with Crippen molar-refractivity contribution in [2.24, 2.45) is 5.11 Å². The molecule has 0 saturated carbocycles. The number of azide groups is 1. The Bertz CT molecular complexity index is 1040. The van der Waals surface area contributed by atoms with Crippen molar-refractivity contribution in [1.29, 1.82) is 0 Å². The molecular formula is C22H28ClN4O7P. The normalized spacial score (nSPS) is 21.1. The Labute approximate surface area is 211 Å². The maximum Gasteiger partial charge on any atom is 0.530 e. The molecule has 1 fully saturated rings. The summed E-state index contributed by atoms with van der Waals surface area (Å²) in [6.45, 7) is 9.85. The van der Waals surface area contributed by atoms with Crippen LogP contribution in [0.3, 0.4) is 0 Å². The van der Waals surface area contributed by atoms with Gasteiger partial charge in [0.25, 0.3) is 0 Å². The standard InChI is InChI=1S/C22H28ClN4O7P/c1-17-15-22(18(2)32-17)34-35(28,31-12-8-25-3)33-20-6-7-21(23)19(16-20)5-4-10-29-13-14-30-11-9-26-27-24/h6-7,16-18,22H,8-15H2,1-2H3/i2D. The van der Waals surface area contributed by atoms with Gasteiger partial charge in [-0.2, -0.15) is 0 Å². The molecule has 4 atom stereocenters. The number of benzene rings is 1. The van der Waals surface area contributed by atoms with Gasteiger partial charge in [-0.15, -0.1) is 0 Å². The number of nitrogens with zero attached hydrogens (tertiary/aromatic N) is 4. The Hall–Kier alpha value is -2.30. The number of phosphoric ester groups is 1. The molecule has 2 rings (SSSR count). The SMILES string of the molecule is [2H]CC1OC(C)CC1OP(=O)(OCC[N+]#[C-])Oc1ccc(Cl)c(C#CCOCCOCCN=[N+]=[N-])c1. The smallest absolute Gasteiger partial charge is 0.404 e.